The van der Waals surface area contributed by atoms with E-state index in [-0.39, 0.29) is 18.5 Å². The van der Waals surface area contributed by atoms with E-state index in [1.807, 2.05) is 60.8 Å². The lowest BCUT2D eigenvalue weighted by molar-refractivity contribution is -0.141. The molecule has 34 heavy (non-hydrogen) atoms. The van der Waals surface area contributed by atoms with Crippen LogP contribution in [0.5, 0.6) is 0 Å². The number of carbonyl (C=O) groups excluding carboxylic acids is 2. The maximum atomic E-state index is 13.5. The minimum absolute atomic E-state index is 0.0230. The minimum atomic E-state index is -1.16. The van der Waals surface area contributed by atoms with E-state index in [4.69, 9.17) is 23.2 Å². The third-order valence-electron chi connectivity index (χ3n) is 6.21. The first-order valence-electron chi connectivity index (χ1n) is 11.5. The topological polar surface area (TPSA) is 45.6 Å². The highest BCUT2D eigenvalue weighted by molar-refractivity contribution is 6.53. The molecule has 178 valence electrons. The van der Waals surface area contributed by atoms with Crippen LogP contribution in [0.15, 0.2) is 72.9 Å². The molecule has 1 saturated carbocycles. The third kappa shape index (κ3) is 6.22. The standard InChI is InChI=1S/C27H29Cl2N3O2/c1-20-8-5-6-11-22(20)17-30-15-7-12-24(30)18-31(16-21-9-3-2-4-10-21)25(33)19-32(23-13-14-23)27(34)26(28)29/h2-12,15,23,26H,13-14,16-19H2,1H3. The third-order valence-corrected chi connectivity index (χ3v) is 6.58. The van der Waals surface area contributed by atoms with Crippen LogP contribution in [0, 0.1) is 6.92 Å². The summed E-state index contributed by atoms with van der Waals surface area (Å²) in [4.78, 5) is 28.2. The average molecular weight is 498 g/mol. The molecule has 7 heteroatoms. The van der Waals surface area contributed by atoms with E-state index < -0.39 is 10.7 Å². The van der Waals surface area contributed by atoms with E-state index >= 15 is 0 Å². The molecule has 1 fully saturated rings. The summed E-state index contributed by atoms with van der Waals surface area (Å²) in [7, 11) is 0. The van der Waals surface area contributed by atoms with Crippen LogP contribution in [0.25, 0.3) is 0 Å². The van der Waals surface area contributed by atoms with Gasteiger partial charge in [-0.15, -0.1) is 0 Å². The number of benzene rings is 2. The van der Waals surface area contributed by atoms with E-state index in [2.05, 4.69) is 23.6 Å². The summed E-state index contributed by atoms with van der Waals surface area (Å²) in [6, 6.07) is 22.3. The number of aromatic nitrogens is 1. The van der Waals surface area contributed by atoms with Gasteiger partial charge in [0.05, 0.1) is 6.54 Å². The number of hydrogen-bond donors (Lipinski definition) is 0. The molecule has 0 atom stereocenters. The van der Waals surface area contributed by atoms with E-state index in [1.54, 1.807) is 4.90 Å². The van der Waals surface area contributed by atoms with Gasteiger partial charge in [-0.1, -0.05) is 77.8 Å². The van der Waals surface area contributed by atoms with E-state index in [0.717, 1.165) is 30.6 Å². The Morgan fingerprint density at radius 1 is 0.971 bits per heavy atom. The van der Waals surface area contributed by atoms with Crippen LogP contribution in [-0.4, -0.2) is 43.6 Å². The first kappa shape index (κ1) is 24.4. The molecule has 2 amide bonds. The second kappa shape index (κ2) is 11.1. The Morgan fingerprint density at radius 2 is 1.68 bits per heavy atom. The van der Waals surface area contributed by atoms with E-state index in [1.165, 1.54) is 16.0 Å². The lowest BCUT2D eigenvalue weighted by Gasteiger charge is -2.28. The van der Waals surface area contributed by atoms with Crippen molar-refractivity contribution in [2.75, 3.05) is 6.54 Å². The average Bonchev–Trinajstić information content (AvgIpc) is 3.58. The minimum Gasteiger partial charge on any atom is -0.345 e. The van der Waals surface area contributed by atoms with Crippen LogP contribution < -0.4 is 0 Å². The molecule has 1 heterocycles. The Labute approximate surface area is 210 Å². The van der Waals surface area contributed by atoms with E-state index in [9.17, 15) is 9.59 Å². The summed E-state index contributed by atoms with van der Waals surface area (Å²) in [5.41, 5.74) is 4.53. The maximum absolute atomic E-state index is 13.5. The predicted octanol–water partition coefficient (Wildman–Crippen LogP) is 5.17. The molecule has 0 aliphatic heterocycles. The van der Waals surface area contributed by atoms with Crippen molar-refractivity contribution in [2.45, 2.75) is 50.3 Å². The number of amides is 2. The first-order chi connectivity index (χ1) is 16.4. The van der Waals surface area contributed by atoms with Gasteiger partial charge in [0.15, 0.2) is 4.84 Å². The zero-order valence-corrected chi connectivity index (χ0v) is 20.8. The fraction of sp³-hybridized carbons (Fsp3) is 0.333. The SMILES string of the molecule is Cc1ccccc1Cn1cccc1CN(Cc1ccccc1)C(=O)CN(C(=O)C(Cl)Cl)C1CC1. The van der Waals surface area contributed by atoms with Crippen molar-refractivity contribution in [3.05, 3.63) is 95.3 Å². The smallest absolute Gasteiger partial charge is 0.256 e. The van der Waals surface area contributed by atoms with Crippen molar-refractivity contribution < 1.29 is 9.59 Å². The van der Waals surface area contributed by atoms with Gasteiger partial charge in [0.1, 0.15) is 6.54 Å². The molecule has 0 radical (unpaired) electrons. The van der Waals surface area contributed by atoms with Crippen molar-refractivity contribution in [3.63, 3.8) is 0 Å². The van der Waals surface area contributed by atoms with Crippen LogP contribution in [0.2, 0.25) is 0 Å². The molecular weight excluding hydrogens is 469 g/mol. The van der Waals surface area contributed by atoms with Crippen LogP contribution in [0.4, 0.5) is 0 Å². The monoisotopic (exact) mass is 497 g/mol. The molecule has 2 aromatic carbocycles. The van der Waals surface area contributed by atoms with Gasteiger partial charge in [-0.2, -0.15) is 0 Å². The summed E-state index contributed by atoms with van der Waals surface area (Å²) < 4.78 is 2.17. The molecular formula is C27H29Cl2N3O2. The van der Waals surface area contributed by atoms with Gasteiger partial charge in [0.25, 0.3) is 5.91 Å². The van der Waals surface area contributed by atoms with Crippen molar-refractivity contribution >= 4 is 35.0 Å². The van der Waals surface area contributed by atoms with Gasteiger partial charge in [-0.05, 0) is 48.6 Å². The van der Waals surface area contributed by atoms with Crippen LogP contribution >= 0.6 is 23.2 Å². The number of nitrogens with zero attached hydrogens (tertiary/aromatic N) is 3. The summed E-state index contributed by atoms with van der Waals surface area (Å²) >= 11 is 11.7. The second-order valence-corrected chi connectivity index (χ2v) is 9.88. The van der Waals surface area contributed by atoms with Gasteiger partial charge < -0.3 is 14.4 Å². The summed E-state index contributed by atoms with van der Waals surface area (Å²) in [6.45, 7) is 3.70. The molecule has 5 nitrogen and oxygen atoms in total. The molecule has 0 saturated heterocycles. The molecule has 0 bridgehead atoms. The molecule has 0 spiro atoms. The summed E-state index contributed by atoms with van der Waals surface area (Å²) in [6.07, 6.45) is 3.79. The Bertz CT molecular complexity index is 1130. The van der Waals surface area contributed by atoms with E-state index in [0.29, 0.717) is 13.1 Å². The normalized spacial score (nSPS) is 13.2. The van der Waals surface area contributed by atoms with Crippen LogP contribution in [0.1, 0.15) is 35.2 Å². The van der Waals surface area contributed by atoms with Crippen molar-refractivity contribution in [2.24, 2.45) is 0 Å². The van der Waals surface area contributed by atoms with Gasteiger partial charge in [0.2, 0.25) is 5.91 Å². The fourth-order valence-electron chi connectivity index (χ4n) is 4.09. The van der Waals surface area contributed by atoms with Crippen LogP contribution in [0.3, 0.4) is 0 Å². The van der Waals surface area contributed by atoms with Gasteiger partial charge in [-0.3, -0.25) is 9.59 Å². The molecule has 1 aromatic heterocycles. The highest BCUT2D eigenvalue weighted by atomic mass is 35.5. The molecule has 1 aliphatic carbocycles. The van der Waals surface area contributed by atoms with Crippen LogP contribution in [-0.2, 0) is 29.2 Å². The number of rotatable bonds is 10. The lowest BCUT2D eigenvalue weighted by atomic mass is 10.1. The van der Waals surface area contributed by atoms with Gasteiger partial charge in [0, 0.05) is 31.0 Å². The molecule has 3 aromatic rings. The lowest BCUT2D eigenvalue weighted by Crippen LogP contribution is -2.45. The number of hydrogen-bond acceptors (Lipinski definition) is 2. The Hall–Kier alpha value is -2.76. The largest absolute Gasteiger partial charge is 0.345 e. The maximum Gasteiger partial charge on any atom is 0.256 e. The fourth-order valence-corrected chi connectivity index (χ4v) is 4.34. The van der Waals surface area contributed by atoms with Crippen molar-refractivity contribution in [1.29, 1.82) is 0 Å². The first-order valence-corrected chi connectivity index (χ1v) is 12.4. The molecule has 4 rings (SSSR count). The number of aryl methyl sites for hydroxylation is 1. The highest BCUT2D eigenvalue weighted by Crippen LogP contribution is 2.29. The highest BCUT2D eigenvalue weighted by Gasteiger charge is 2.36. The summed E-state index contributed by atoms with van der Waals surface area (Å²) in [5, 5.41) is 0. The second-order valence-electron chi connectivity index (χ2n) is 8.79. The summed E-state index contributed by atoms with van der Waals surface area (Å²) in [5.74, 6) is -0.525. The number of carbonyl (C=O) groups is 2. The molecule has 1 aliphatic rings. The zero-order valence-electron chi connectivity index (χ0n) is 19.2. The van der Waals surface area contributed by atoms with Crippen molar-refractivity contribution in [3.8, 4) is 0 Å². The Balaban J connectivity index is 1.55. The zero-order chi connectivity index (χ0) is 24.1. The van der Waals surface area contributed by atoms with Gasteiger partial charge in [-0.25, -0.2) is 0 Å². The molecule has 0 unspecified atom stereocenters. The Kier molecular flexibility index (Phi) is 7.96. The predicted molar refractivity (Wildman–Crippen MR) is 136 cm³/mol. The molecule has 0 N–H and O–H groups in total. The number of alkyl halides is 2. The number of halogens is 2. The Morgan fingerprint density at radius 3 is 2.35 bits per heavy atom. The van der Waals surface area contributed by atoms with Crippen molar-refractivity contribution in [1.82, 2.24) is 14.4 Å². The quantitative estimate of drug-likeness (QED) is 0.362. The van der Waals surface area contributed by atoms with Gasteiger partial charge >= 0.3 is 0 Å².